The molecule has 114 valence electrons. The van der Waals surface area contributed by atoms with Gasteiger partial charge in [0.1, 0.15) is 0 Å². The lowest BCUT2D eigenvalue weighted by molar-refractivity contribution is 0.354. The zero-order valence-corrected chi connectivity index (χ0v) is 14.9. The smallest absolute Gasteiger partial charge is 0.161 e. The SMILES string of the molecule is COc1ccc(C(C)NCCc2ccc(Br)s2)cc1OC. The van der Waals surface area contributed by atoms with E-state index in [1.807, 2.05) is 12.1 Å². The Bertz CT molecular complexity index is 585. The van der Waals surface area contributed by atoms with Gasteiger partial charge in [0.25, 0.3) is 0 Å². The number of halogens is 1. The summed E-state index contributed by atoms with van der Waals surface area (Å²) in [5.74, 6) is 1.53. The summed E-state index contributed by atoms with van der Waals surface area (Å²) in [5.41, 5.74) is 1.19. The van der Waals surface area contributed by atoms with E-state index in [-0.39, 0.29) is 6.04 Å². The van der Waals surface area contributed by atoms with E-state index in [2.05, 4.69) is 46.4 Å². The van der Waals surface area contributed by atoms with Gasteiger partial charge in [0.05, 0.1) is 18.0 Å². The fourth-order valence-electron chi connectivity index (χ4n) is 2.14. The first-order valence-electron chi connectivity index (χ1n) is 6.83. The lowest BCUT2D eigenvalue weighted by Crippen LogP contribution is -2.21. The van der Waals surface area contributed by atoms with E-state index in [1.54, 1.807) is 25.6 Å². The van der Waals surface area contributed by atoms with Crippen LogP contribution in [0.3, 0.4) is 0 Å². The molecular formula is C16H20BrNO2S. The fourth-order valence-corrected chi connectivity index (χ4v) is 3.62. The molecule has 0 spiro atoms. The quantitative estimate of drug-likeness (QED) is 0.783. The Balaban J connectivity index is 1.92. The van der Waals surface area contributed by atoms with Crippen molar-refractivity contribution in [3.05, 3.63) is 44.6 Å². The van der Waals surface area contributed by atoms with Crippen molar-refractivity contribution in [2.45, 2.75) is 19.4 Å². The molecule has 0 bridgehead atoms. The standard InChI is InChI=1S/C16H20BrNO2S/c1-11(18-9-8-13-5-7-16(17)21-13)12-4-6-14(19-2)15(10-12)20-3/h4-7,10-11,18H,8-9H2,1-3H3. The molecule has 0 radical (unpaired) electrons. The van der Waals surface area contributed by atoms with Crippen LogP contribution in [0, 0.1) is 0 Å². The van der Waals surface area contributed by atoms with Crippen molar-refractivity contribution in [2.24, 2.45) is 0 Å². The molecule has 0 aliphatic heterocycles. The molecule has 0 amide bonds. The van der Waals surface area contributed by atoms with Crippen LogP contribution < -0.4 is 14.8 Å². The Labute approximate surface area is 138 Å². The second kappa shape index (κ2) is 7.82. The van der Waals surface area contributed by atoms with E-state index in [0.717, 1.165) is 24.5 Å². The van der Waals surface area contributed by atoms with Crippen molar-refractivity contribution in [3.63, 3.8) is 0 Å². The van der Waals surface area contributed by atoms with E-state index in [1.165, 1.54) is 14.2 Å². The molecule has 0 saturated carbocycles. The Morgan fingerprint density at radius 1 is 1.14 bits per heavy atom. The number of ether oxygens (including phenoxy) is 2. The van der Waals surface area contributed by atoms with Gasteiger partial charge in [0.15, 0.2) is 11.5 Å². The number of hydrogen-bond donors (Lipinski definition) is 1. The average Bonchev–Trinajstić information content (AvgIpc) is 2.91. The average molecular weight is 370 g/mol. The highest BCUT2D eigenvalue weighted by molar-refractivity contribution is 9.11. The van der Waals surface area contributed by atoms with Gasteiger partial charge in [0.2, 0.25) is 0 Å². The minimum absolute atomic E-state index is 0.271. The van der Waals surface area contributed by atoms with Gasteiger partial charge >= 0.3 is 0 Å². The van der Waals surface area contributed by atoms with Crippen LogP contribution in [0.25, 0.3) is 0 Å². The van der Waals surface area contributed by atoms with Gasteiger partial charge in [-0.3, -0.25) is 0 Å². The summed E-state index contributed by atoms with van der Waals surface area (Å²) >= 11 is 5.28. The maximum absolute atomic E-state index is 5.35. The second-order valence-electron chi connectivity index (χ2n) is 4.75. The number of nitrogens with one attached hydrogen (secondary N) is 1. The van der Waals surface area contributed by atoms with Crippen LogP contribution in [0.5, 0.6) is 11.5 Å². The molecule has 21 heavy (non-hydrogen) atoms. The van der Waals surface area contributed by atoms with Crippen molar-refractivity contribution in [1.82, 2.24) is 5.32 Å². The van der Waals surface area contributed by atoms with Crippen molar-refractivity contribution in [3.8, 4) is 11.5 Å². The predicted octanol–water partition coefficient (Wildman–Crippen LogP) is 4.42. The van der Waals surface area contributed by atoms with Crippen LogP contribution in [0.1, 0.15) is 23.4 Å². The molecule has 0 saturated heterocycles. The summed E-state index contributed by atoms with van der Waals surface area (Å²) in [6.45, 7) is 3.11. The molecule has 2 aromatic rings. The van der Waals surface area contributed by atoms with Crippen molar-refractivity contribution in [1.29, 1.82) is 0 Å². The Hall–Kier alpha value is -1.04. The molecular weight excluding hydrogens is 350 g/mol. The molecule has 2 rings (SSSR count). The van der Waals surface area contributed by atoms with E-state index < -0.39 is 0 Å². The topological polar surface area (TPSA) is 30.5 Å². The Kier molecular flexibility index (Phi) is 6.08. The molecule has 1 N–H and O–H groups in total. The van der Waals surface area contributed by atoms with E-state index in [9.17, 15) is 0 Å². The van der Waals surface area contributed by atoms with Crippen molar-refractivity contribution in [2.75, 3.05) is 20.8 Å². The van der Waals surface area contributed by atoms with Crippen LogP contribution in [-0.4, -0.2) is 20.8 Å². The van der Waals surface area contributed by atoms with E-state index >= 15 is 0 Å². The minimum Gasteiger partial charge on any atom is -0.493 e. The third-order valence-corrected chi connectivity index (χ3v) is 5.04. The van der Waals surface area contributed by atoms with Crippen LogP contribution in [-0.2, 0) is 6.42 Å². The molecule has 1 atom stereocenters. The fraction of sp³-hybridized carbons (Fsp3) is 0.375. The third-order valence-electron chi connectivity index (χ3n) is 3.36. The zero-order chi connectivity index (χ0) is 15.2. The first kappa shape index (κ1) is 16.3. The molecule has 1 heterocycles. The van der Waals surface area contributed by atoms with Gasteiger partial charge in [-0.15, -0.1) is 11.3 Å². The lowest BCUT2D eigenvalue weighted by Gasteiger charge is -2.16. The molecule has 0 fully saturated rings. The predicted molar refractivity (Wildman–Crippen MR) is 91.7 cm³/mol. The summed E-state index contributed by atoms with van der Waals surface area (Å²) in [4.78, 5) is 1.38. The van der Waals surface area contributed by atoms with Crippen molar-refractivity contribution < 1.29 is 9.47 Å². The highest BCUT2D eigenvalue weighted by Gasteiger charge is 2.10. The number of methoxy groups -OCH3 is 2. The molecule has 3 nitrogen and oxygen atoms in total. The Morgan fingerprint density at radius 3 is 2.52 bits per heavy atom. The first-order chi connectivity index (χ1) is 10.1. The number of rotatable bonds is 7. The maximum Gasteiger partial charge on any atom is 0.161 e. The highest BCUT2D eigenvalue weighted by Crippen LogP contribution is 2.30. The Morgan fingerprint density at radius 2 is 1.90 bits per heavy atom. The summed E-state index contributed by atoms with van der Waals surface area (Å²) < 4.78 is 11.8. The largest absolute Gasteiger partial charge is 0.493 e. The van der Waals surface area contributed by atoms with Gasteiger partial charge in [-0.1, -0.05) is 6.07 Å². The zero-order valence-electron chi connectivity index (χ0n) is 12.5. The highest BCUT2D eigenvalue weighted by atomic mass is 79.9. The molecule has 0 aliphatic rings. The normalized spacial score (nSPS) is 12.2. The number of thiophene rings is 1. The monoisotopic (exact) mass is 369 g/mol. The summed E-state index contributed by atoms with van der Waals surface area (Å²) in [7, 11) is 3.31. The summed E-state index contributed by atoms with van der Waals surface area (Å²) in [5, 5.41) is 3.54. The van der Waals surface area contributed by atoms with Gasteiger partial charge in [-0.25, -0.2) is 0 Å². The van der Waals surface area contributed by atoms with Crippen LogP contribution in [0.4, 0.5) is 0 Å². The van der Waals surface area contributed by atoms with E-state index in [4.69, 9.17) is 9.47 Å². The van der Waals surface area contributed by atoms with Crippen LogP contribution >= 0.6 is 27.3 Å². The first-order valence-corrected chi connectivity index (χ1v) is 8.44. The minimum atomic E-state index is 0.271. The second-order valence-corrected chi connectivity index (χ2v) is 7.29. The van der Waals surface area contributed by atoms with Crippen LogP contribution in [0.15, 0.2) is 34.1 Å². The number of hydrogen-bond acceptors (Lipinski definition) is 4. The van der Waals surface area contributed by atoms with Crippen molar-refractivity contribution >= 4 is 27.3 Å². The van der Waals surface area contributed by atoms with E-state index in [0.29, 0.717) is 0 Å². The van der Waals surface area contributed by atoms with Gasteiger partial charge in [0, 0.05) is 17.5 Å². The summed E-state index contributed by atoms with van der Waals surface area (Å²) in [6.07, 6.45) is 1.04. The third kappa shape index (κ3) is 4.46. The molecule has 5 heteroatoms. The molecule has 0 aliphatic carbocycles. The molecule has 1 aromatic carbocycles. The molecule has 1 aromatic heterocycles. The van der Waals surface area contributed by atoms with Gasteiger partial charge < -0.3 is 14.8 Å². The number of benzene rings is 1. The lowest BCUT2D eigenvalue weighted by atomic mass is 10.1. The summed E-state index contributed by atoms with van der Waals surface area (Å²) in [6, 6.07) is 10.6. The van der Waals surface area contributed by atoms with Gasteiger partial charge in [-0.05, 0) is 59.1 Å². The van der Waals surface area contributed by atoms with Crippen LogP contribution in [0.2, 0.25) is 0 Å². The molecule has 1 unspecified atom stereocenters. The van der Waals surface area contributed by atoms with Gasteiger partial charge in [-0.2, -0.15) is 0 Å². The maximum atomic E-state index is 5.35.